The molecule has 0 N–H and O–H groups in total. The molecule has 1 atom stereocenters. The Morgan fingerprint density at radius 2 is 1.04 bits per heavy atom. The first-order chi connectivity index (χ1) is 12.8. The normalized spacial score (nSPS) is 16.0. The highest BCUT2D eigenvalue weighted by molar-refractivity contribution is 8.06. The van der Waals surface area contributed by atoms with E-state index in [0.29, 0.717) is 6.42 Å². The third-order valence-corrected chi connectivity index (χ3v) is 6.58. The number of carbonyl (C=O) groups excluding carboxylic acids is 1. The van der Waals surface area contributed by atoms with Crippen LogP contribution in [0.3, 0.4) is 0 Å². The Hall–Kier alpha value is -0.180. The number of methoxy groups -OCH3 is 1. The van der Waals surface area contributed by atoms with Crippen LogP contribution in [0, 0.1) is 0 Å². The molecule has 0 aromatic carbocycles. The van der Waals surface area contributed by atoms with Crippen molar-refractivity contribution >= 4 is 17.7 Å². The summed E-state index contributed by atoms with van der Waals surface area (Å²) < 4.78 is 4.65. The average Bonchev–Trinajstić information content (AvgIpc) is 3.47. The Morgan fingerprint density at radius 1 is 0.692 bits per heavy atom. The van der Waals surface area contributed by atoms with E-state index in [1.165, 1.54) is 122 Å². The zero-order valence-corrected chi connectivity index (χ0v) is 18.3. The molecule has 1 aliphatic rings. The zero-order valence-electron chi connectivity index (χ0n) is 17.4. The van der Waals surface area contributed by atoms with E-state index in [1.54, 1.807) is 0 Å². The fraction of sp³-hybridized carbons (Fsp3) is 0.957. The lowest BCUT2D eigenvalue weighted by molar-refractivity contribution is -0.140. The van der Waals surface area contributed by atoms with Crippen molar-refractivity contribution < 1.29 is 9.53 Å². The molecule has 2 nitrogen and oxygen atoms in total. The quantitative estimate of drug-likeness (QED) is 0.122. The van der Waals surface area contributed by atoms with Crippen molar-refractivity contribution in [1.82, 2.24) is 0 Å². The Bertz CT molecular complexity index is 315. The fourth-order valence-electron chi connectivity index (χ4n) is 3.63. The molecule has 1 saturated heterocycles. The van der Waals surface area contributed by atoms with Crippen LogP contribution in [-0.2, 0) is 9.53 Å². The predicted molar refractivity (Wildman–Crippen MR) is 116 cm³/mol. The van der Waals surface area contributed by atoms with Crippen LogP contribution in [0.25, 0.3) is 0 Å². The van der Waals surface area contributed by atoms with E-state index < -0.39 is 0 Å². The lowest BCUT2D eigenvalue weighted by Crippen LogP contribution is -1.99. The molecule has 1 fully saturated rings. The van der Waals surface area contributed by atoms with Gasteiger partial charge in [-0.2, -0.15) is 11.8 Å². The molecule has 0 bridgehead atoms. The summed E-state index contributed by atoms with van der Waals surface area (Å²) in [6, 6.07) is 0. The van der Waals surface area contributed by atoms with E-state index in [1.807, 2.05) is 0 Å². The van der Waals surface area contributed by atoms with Gasteiger partial charge in [0.05, 0.1) is 7.11 Å². The van der Waals surface area contributed by atoms with Gasteiger partial charge in [-0.1, -0.05) is 103 Å². The first kappa shape index (κ1) is 23.9. The van der Waals surface area contributed by atoms with Gasteiger partial charge >= 0.3 is 5.97 Å². The number of hydrogen-bond donors (Lipinski definition) is 0. The van der Waals surface area contributed by atoms with E-state index in [9.17, 15) is 4.79 Å². The van der Waals surface area contributed by atoms with Crippen LogP contribution in [0.4, 0.5) is 0 Å². The van der Waals surface area contributed by atoms with Crippen molar-refractivity contribution in [2.75, 3.05) is 12.9 Å². The number of rotatable bonds is 20. The number of esters is 1. The van der Waals surface area contributed by atoms with Gasteiger partial charge in [0.25, 0.3) is 0 Å². The Labute approximate surface area is 167 Å². The molecule has 1 heterocycles. The largest absolute Gasteiger partial charge is 0.469 e. The Balaban J connectivity index is 1.61. The van der Waals surface area contributed by atoms with Gasteiger partial charge < -0.3 is 4.74 Å². The molecule has 1 rings (SSSR count). The van der Waals surface area contributed by atoms with E-state index in [2.05, 4.69) is 16.5 Å². The topological polar surface area (TPSA) is 26.3 Å². The van der Waals surface area contributed by atoms with Gasteiger partial charge in [-0.25, -0.2) is 0 Å². The van der Waals surface area contributed by atoms with E-state index in [-0.39, 0.29) is 5.97 Å². The van der Waals surface area contributed by atoms with Gasteiger partial charge in [0.2, 0.25) is 0 Å². The standard InChI is InChI=1S/C23H44O2S/c1-25-23(24)20-18-16-14-12-10-8-6-4-2-3-5-7-9-11-13-15-17-19-22-21-26-22/h22H,2-21H2,1H3. The maximum atomic E-state index is 11.0. The second-order valence-corrected chi connectivity index (χ2v) is 9.41. The van der Waals surface area contributed by atoms with E-state index in [0.717, 1.165) is 11.7 Å². The molecule has 1 aliphatic heterocycles. The summed E-state index contributed by atoms with van der Waals surface area (Å²) in [6.07, 6.45) is 25.7. The maximum absolute atomic E-state index is 11.0. The van der Waals surface area contributed by atoms with Crippen LogP contribution in [0.5, 0.6) is 0 Å². The molecule has 0 radical (unpaired) electrons. The third kappa shape index (κ3) is 17.2. The monoisotopic (exact) mass is 384 g/mol. The number of ether oxygens (including phenoxy) is 1. The Kier molecular flexibility index (Phi) is 16.7. The van der Waals surface area contributed by atoms with Crippen molar-refractivity contribution in [2.45, 2.75) is 127 Å². The summed E-state index contributed by atoms with van der Waals surface area (Å²) in [4.78, 5) is 11.0. The highest BCUT2D eigenvalue weighted by atomic mass is 32.2. The molecule has 0 aliphatic carbocycles. The smallest absolute Gasteiger partial charge is 0.305 e. The van der Waals surface area contributed by atoms with E-state index in [4.69, 9.17) is 0 Å². The number of hydrogen-bond acceptors (Lipinski definition) is 3. The number of carbonyl (C=O) groups is 1. The molecule has 0 amide bonds. The molecule has 26 heavy (non-hydrogen) atoms. The van der Waals surface area contributed by atoms with Crippen molar-refractivity contribution in [2.24, 2.45) is 0 Å². The van der Waals surface area contributed by atoms with Crippen LogP contribution in [0.15, 0.2) is 0 Å². The van der Waals surface area contributed by atoms with Crippen LogP contribution in [0.1, 0.15) is 122 Å². The second kappa shape index (κ2) is 18.2. The summed E-state index contributed by atoms with van der Waals surface area (Å²) in [7, 11) is 1.47. The minimum Gasteiger partial charge on any atom is -0.469 e. The summed E-state index contributed by atoms with van der Waals surface area (Å²) in [5, 5.41) is 1.05. The SMILES string of the molecule is COC(=O)CCCCCCCCCCCCCCCCCCCC1CS1. The van der Waals surface area contributed by atoms with Gasteiger partial charge in [-0.05, 0) is 12.8 Å². The van der Waals surface area contributed by atoms with Crippen molar-refractivity contribution in [3.63, 3.8) is 0 Å². The average molecular weight is 385 g/mol. The molecule has 154 valence electrons. The molecule has 0 aromatic heterocycles. The molecular weight excluding hydrogens is 340 g/mol. The fourth-order valence-corrected chi connectivity index (χ4v) is 4.27. The second-order valence-electron chi connectivity index (χ2n) is 8.08. The molecule has 3 heteroatoms. The molecule has 0 aromatic rings. The minimum absolute atomic E-state index is 0.0619. The summed E-state index contributed by atoms with van der Waals surface area (Å²) >= 11 is 2.14. The van der Waals surface area contributed by atoms with Crippen molar-refractivity contribution in [3.8, 4) is 0 Å². The minimum atomic E-state index is -0.0619. The molecule has 0 spiro atoms. The lowest BCUT2D eigenvalue weighted by Gasteiger charge is -2.04. The highest BCUT2D eigenvalue weighted by Gasteiger charge is 2.20. The zero-order chi connectivity index (χ0) is 18.7. The van der Waals surface area contributed by atoms with Gasteiger partial charge in [0.1, 0.15) is 0 Å². The van der Waals surface area contributed by atoms with Gasteiger partial charge in [0, 0.05) is 17.4 Å². The van der Waals surface area contributed by atoms with Crippen LogP contribution < -0.4 is 0 Å². The molecule has 1 unspecified atom stereocenters. The summed E-state index contributed by atoms with van der Waals surface area (Å²) in [6.45, 7) is 0. The molecule has 0 saturated carbocycles. The van der Waals surface area contributed by atoms with E-state index >= 15 is 0 Å². The maximum Gasteiger partial charge on any atom is 0.305 e. The Morgan fingerprint density at radius 3 is 1.38 bits per heavy atom. The van der Waals surface area contributed by atoms with Crippen molar-refractivity contribution in [1.29, 1.82) is 0 Å². The highest BCUT2D eigenvalue weighted by Crippen LogP contribution is 2.34. The predicted octanol–water partition coefficient (Wildman–Crippen LogP) is 7.69. The first-order valence-electron chi connectivity index (χ1n) is 11.5. The van der Waals surface area contributed by atoms with Crippen molar-refractivity contribution in [3.05, 3.63) is 0 Å². The van der Waals surface area contributed by atoms with Gasteiger partial charge in [0.15, 0.2) is 0 Å². The summed E-state index contributed by atoms with van der Waals surface area (Å²) in [5.41, 5.74) is 0. The summed E-state index contributed by atoms with van der Waals surface area (Å²) in [5.74, 6) is 1.38. The number of thioether (sulfide) groups is 1. The molecular formula is C23H44O2S. The van der Waals surface area contributed by atoms with Gasteiger partial charge in [-0.3, -0.25) is 4.79 Å². The number of unbranched alkanes of at least 4 members (excludes halogenated alkanes) is 16. The van der Waals surface area contributed by atoms with Crippen LogP contribution in [0.2, 0.25) is 0 Å². The van der Waals surface area contributed by atoms with Crippen LogP contribution >= 0.6 is 11.8 Å². The van der Waals surface area contributed by atoms with Crippen LogP contribution in [-0.4, -0.2) is 24.1 Å². The van der Waals surface area contributed by atoms with Gasteiger partial charge in [-0.15, -0.1) is 0 Å². The first-order valence-corrected chi connectivity index (χ1v) is 12.6. The lowest BCUT2D eigenvalue weighted by atomic mass is 10.0. The third-order valence-electron chi connectivity index (χ3n) is 5.54.